The Hall–Kier alpha value is -6.55. The van der Waals surface area contributed by atoms with Gasteiger partial charge in [0.05, 0.1) is 82.9 Å². The molecule has 26 nitrogen and oxygen atoms in total. The van der Waals surface area contributed by atoms with Crippen molar-refractivity contribution >= 4 is 117 Å². The van der Waals surface area contributed by atoms with Gasteiger partial charge in [0.1, 0.15) is 30.7 Å². The summed E-state index contributed by atoms with van der Waals surface area (Å²) in [6.07, 6.45) is 3.22. The number of nitrogens with one attached hydrogen (secondary N) is 3. The van der Waals surface area contributed by atoms with Crippen LogP contribution < -0.4 is 25.8 Å². The molecule has 6 aromatic heterocycles. The molecular formula is C60H88Br2N18O8Si2. The van der Waals surface area contributed by atoms with Gasteiger partial charge in [0, 0.05) is 74.2 Å². The molecule has 0 aliphatic carbocycles. The van der Waals surface area contributed by atoms with Crippen LogP contribution in [0.25, 0.3) is 33.4 Å². The Bertz CT molecular complexity index is 3750. The minimum atomic E-state index is -1.28. The Labute approximate surface area is 544 Å². The molecule has 488 valence electrons. The van der Waals surface area contributed by atoms with Gasteiger partial charge in [-0.2, -0.15) is 39.2 Å². The molecule has 90 heavy (non-hydrogen) atoms. The first kappa shape index (κ1) is 67.8. The summed E-state index contributed by atoms with van der Waals surface area (Å²) in [5.74, 6) is 3.93. The van der Waals surface area contributed by atoms with E-state index in [1.54, 1.807) is 21.4 Å². The van der Waals surface area contributed by atoms with Crippen LogP contribution in [0.4, 0.5) is 33.4 Å². The van der Waals surface area contributed by atoms with Gasteiger partial charge in [-0.1, -0.05) is 63.5 Å². The lowest BCUT2D eigenvalue weighted by molar-refractivity contribution is 0.0528. The highest BCUT2D eigenvalue weighted by Crippen LogP contribution is 2.29. The van der Waals surface area contributed by atoms with Crippen molar-refractivity contribution in [2.75, 3.05) is 99.3 Å². The van der Waals surface area contributed by atoms with Crippen LogP contribution in [0.15, 0.2) is 57.7 Å². The predicted molar refractivity (Wildman–Crippen MR) is 361 cm³/mol. The Kier molecular flexibility index (Phi) is 22.1. The highest BCUT2D eigenvalue weighted by atomic mass is 79.9. The van der Waals surface area contributed by atoms with Crippen molar-refractivity contribution in [2.45, 2.75) is 143 Å². The first-order chi connectivity index (χ1) is 42.7. The molecule has 2 aromatic carbocycles. The lowest BCUT2D eigenvalue weighted by Crippen LogP contribution is -2.45. The molecule has 0 bridgehead atoms. The number of alkyl carbamates (subject to hydrolysis) is 1. The number of hydrogen-bond donors (Lipinski definition) is 4. The van der Waals surface area contributed by atoms with Gasteiger partial charge in [-0.25, -0.2) is 19.6 Å². The normalized spacial score (nSPS) is 14.4. The lowest BCUT2D eigenvalue weighted by atomic mass is 10.0. The van der Waals surface area contributed by atoms with Crippen LogP contribution in [0.3, 0.4) is 0 Å². The topological polar surface area (TPSA) is 268 Å². The predicted octanol–water partition coefficient (Wildman–Crippen LogP) is 10.4. The van der Waals surface area contributed by atoms with Gasteiger partial charge in [-0.05, 0) is 122 Å². The number of ether oxygens (including phenoxy) is 5. The molecule has 2 saturated heterocycles. The van der Waals surface area contributed by atoms with E-state index in [9.17, 15) is 14.7 Å². The molecule has 8 aromatic rings. The number of morpholine rings is 2. The van der Waals surface area contributed by atoms with Crippen LogP contribution in [0.5, 0.6) is 0 Å². The number of carbonyl (C=O) groups is 2. The van der Waals surface area contributed by atoms with E-state index < -0.39 is 39.5 Å². The SMILES string of the molecule is CC(C)(C)N(CCc1cccc2nc(CNc3nc(N4CCOCC4)nc4c(Br)cnn34)n(COCC[Si](C)(C)C)c12)C(=O)O.CC(C)(C)OC(=O)NCCc1cccc2c1nc(CNc1nc(N3CCOCC3)nc3c(Br)cnn13)n2COCC[Si](C)(C)C. The van der Waals surface area contributed by atoms with Gasteiger partial charge in [-0.3, -0.25) is 0 Å². The number of anilines is 4. The highest BCUT2D eigenvalue weighted by molar-refractivity contribution is 9.11. The fraction of sp³-hybridized carbons (Fsp3) is 0.567. The molecule has 0 radical (unpaired) electrons. The molecule has 0 saturated carbocycles. The van der Waals surface area contributed by atoms with Crippen molar-refractivity contribution in [1.29, 1.82) is 0 Å². The number of benzene rings is 2. The Balaban J connectivity index is 0.000000213. The summed E-state index contributed by atoms with van der Waals surface area (Å²) in [4.78, 5) is 59.3. The van der Waals surface area contributed by atoms with Crippen LogP contribution in [-0.2, 0) is 63.1 Å². The van der Waals surface area contributed by atoms with E-state index in [1.165, 1.54) is 4.90 Å². The van der Waals surface area contributed by atoms with Crippen molar-refractivity contribution < 1.29 is 38.4 Å². The van der Waals surface area contributed by atoms with E-state index >= 15 is 0 Å². The summed E-state index contributed by atoms with van der Waals surface area (Å²) in [5.41, 5.74) is 5.95. The number of imidazole rings is 2. The van der Waals surface area contributed by atoms with Crippen LogP contribution in [0, 0.1) is 0 Å². The average Bonchev–Trinajstić information content (AvgIpc) is 1.64. The second kappa shape index (κ2) is 29.4. The van der Waals surface area contributed by atoms with E-state index in [-0.39, 0.29) is 0 Å². The number of amides is 2. The van der Waals surface area contributed by atoms with E-state index in [2.05, 4.69) is 122 Å². The van der Waals surface area contributed by atoms with E-state index in [0.717, 1.165) is 79.0 Å². The van der Waals surface area contributed by atoms with Crippen molar-refractivity contribution in [1.82, 2.24) is 68.5 Å². The van der Waals surface area contributed by atoms with Crippen molar-refractivity contribution in [3.63, 3.8) is 0 Å². The standard InChI is InChI=1S/2C30H44BrN9O4Si/c1-30(2,3)39(29(41)42)11-10-21-8-7-9-23-25(21)38(20-44-16-17-45(4,5)6)24(34-23)19-32-27-36-28(37-12-14-43-15-13-37)35-26-22(31)18-33-40(26)27;1-30(2,3)44-29(41)32-11-10-21-8-7-9-23-25(21)35-24(39(23)20-43-16-17-45(4,5)6)19-33-27-37-28(38-12-14-42-15-13-38)36-26-22(31)18-34-40(26)27/h7-9,18H,10-17,19-20H2,1-6H3,(H,41,42)(H,32,35,36);7-9,18H,10-17,19-20H2,1-6H3,(H,32,41)(H,33,36,37). The smallest absolute Gasteiger partial charge is 0.407 e. The maximum absolute atomic E-state index is 12.2. The third kappa shape index (κ3) is 17.9. The summed E-state index contributed by atoms with van der Waals surface area (Å²) < 4.78 is 38.1. The number of carbonyl (C=O) groups excluding carboxylic acids is 1. The second-order valence-corrected chi connectivity index (χ2v) is 39.7. The van der Waals surface area contributed by atoms with Gasteiger partial charge in [-0.15, -0.1) is 0 Å². The quantitative estimate of drug-likeness (QED) is 0.0323. The first-order valence-corrected chi connectivity index (χ1v) is 39.7. The summed E-state index contributed by atoms with van der Waals surface area (Å²) >= 11 is 7.16. The molecule has 8 heterocycles. The first-order valence-electron chi connectivity index (χ1n) is 30.7. The number of carboxylic acid groups (broad SMARTS) is 1. The minimum absolute atomic E-state index is 0.336. The Morgan fingerprint density at radius 3 is 1.69 bits per heavy atom. The number of halogens is 2. The Morgan fingerprint density at radius 2 is 1.18 bits per heavy atom. The van der Waals surface area contributed by atoms with Gasteiger partial charge in [0.25, 0.3) is 0 Å². The summed E-state index contributed by atoms with van der Waals surface area (Å²) in [6.45, 7) is 34.3. The van der Waals surface area contributed by atoms with E-state index in [1.807, 2.05) is 71.9 Å². The Morgan fingerprint density at radius 1 is 0.667 bits per heavy atom. The molecular weight excluding hydrogens is 1320 g/mol. The highest BCUT2D eigenvalue weighted by Gasteiger charge is 2.28. The molecule has 2 fully saturated rings. The molecule has 10 rings (SSSR count). The lowest BCUT2D eigenvalue weighted by Gasteiger charge is -2.33. The zero-order chi connectivity index (χ0) is 64.5. The number of fused-ring (bicyclic) bond motifs is 4. The number of rotatable bonds is 24. The van der Waals surface area contributed by atoms with Gasteiger partial charge < -0.3 is 68.6 Å². The second-order valence-electron chi connectivity index (χ2n) is 26.8. The van der Waals surface area contributed by atoms with Crippen molar-refractivity contribution in [3.05, 3.63) is 80.5 Å². The van der Waals surface area contributed by atoms with Crippen molar-refractivity contribution in [3.8, 4) is 0 Å². The van der Waals surface area contributed by atoms with Gasteiger partial charge in [0.2, 0.25) is 23.8 Å². The maximum Gasteiger partial charge on any atom is 0.407 e. The summed E-state index contributed by atoms with van der Waals surface area (Å²) in [5, 5.41) is 28.7. The molecule has 2 amide bonds. The zero-order valence-electron chi connectivity index (χ0n) is 54.0. The number of hydrogen-bond acceptors (Lipinski definition) is 19. The monoisotopic (exact) mass is 1400 g/mol. The zero-order valence-corrected chi connectivity index (χ0v) is 59.2. The van der Waals surface area contributed by atoms with E-state index in [4.69, 9.17) is 53.6 Å². The van der Waals surface area contributed by atoms with Crippen LogP contribution in [0.1, 0.15) is 64.3 Å². The number of para-hydroxylation sites is 2. The number of nitrogens with zero attached hydrogens (tertiary/aromatic N) is 15. The van der Waals surface area contributed by atoms with Crippen molar-refractivity contribution in [2.24, 2.45) is 0 Å². The van der Waals surface area contributed by atoms with Crippen LogP contribution >= 0.6 is 31.9 Å². The summed E-state index contributed by atoms with van der Waals surface area (Å²) in [7, 11) is -2.52. The fourth-order valence-corrected chi connectivity index (χ4v) is 12.4. The third-order valence-electron chi connectivity index (χ3n) is 15.0. The molecule has 2 aliphatic heterocycles. The largest absolute Gasteiger partial charge is 0.465 e. The molecule has 4 N–H and O–H groups in total. The molecule has 0 atom stereocenters. The molecule has 0 unspecified atom stereocenters. The molecule has 2 aliphatic rings. The maximum atomic E-state index is 12.2. The van der Waals surface area contributed by atoms with Gasteiger partial charge in [0.15, 0.2) is 11.3 Å². The summed E-state index contributed by atoms with van der Waals surface area (Å²) in [6, 6.07) is 14.3. The van der Waals surface area contributed by atoms with E-state index in [0.29, 0.717) is 140 Å². The fourth-order valence-electron chi connectivity index (χ4n) is 10.2. The average molecular weight is 1410 g/mol. The van der Waals surface area contributed by atoms with Crippen LogP contribution in [0.2, 0.25) is 51.4 Å². The number of aromatic nitrogens is 12. The van der Waals surface area contributed by atoms with Crippen LogP contribution in [-0.4, -0.2) is 187 Å². The molecule has 0 spiro atoms. The molecule has 30 heteroatoms. The third-order valence-corrected chi connectivity index (χ3v) is 19.6. The minimum Gasteiger partial charge on any atom is -0.465 e. The van der Waals surface area contributed by atoms with Gasteiger partial charge >= 0.3 is 12.2 Å².